The van der Waals surface area contributed by atoms with Crippen LogP contribution in [0.2, 0.25) is 0 Å². The molecular formula is C13H25N3O3. The molecule has 0 aliphatic carbocycles. The van der Waals surface area contributed by atoms with Gasteiger partial charge in [-0.3, -0.25) is 9.59 Å². The van der Waals surface area contributed by atoms with Crippen molar-refractivity contribution in [2.45, 2.75) is 32.8 Å². The van der Waals surface area contributed by atoms with Gasteiger partial charge in [0.05, 0.1) is 13.0 Å². The van der Waals surface area contributed by atoms with E-state index in [1.807, 2.05) is 25.7 Å². The number of piperazine rings is 1. The number of nitrogens with zero attached hydrogens (tertiary/aromatic N) is 1. The summed E-state index contributed by atoms with van der Waals surface area (Å²) in [5.74, 6) is -0.152. The van der Waals surface area contributed by atoms with Crippen LogP contribution in [0.1, 0.15) is 27.2 Å². The molecule has 1 fully saturated rings. The normalized spacial score (nSPS) is 16.3. The summed E-state index contributed by atoms with van der Waals surface area (Å²) in [5.41, 5.74) is -0.451. The van der Waals surface area contributed by atoms with Crippen molar-refractivity contribution in [3.63, 3.8) is 0 Å². The van der Waals surface area contributed by atoms with Crippen LogP contribution < -0.4 is 10.6 Å². The van der Waals surface area contributed by atoms with Crippen LogP contribution in [-0.4, -0.2) is 61.6 Å². The lowest BCUT2D eigenvalue weighted by molar-refractivity contribution is -0.154. The van der Waals surface area contributed by atoms with Crippen LogP contribution >= 0.6 is 0 Å². The number of carbonyl (C=O) groups is 2. The average Bonchev–Trinajstić information content (AvgIpc) is 2.33. The molecule has 1 saturated heterocycles. The Kier molecular flexibility index (Phi) is 6.24. The lowest BCUT2D eigenvalue weighted by atomic mass is 10.2. The zero-order chi connectivity index (χ0) is 14.3. The Balaban J connectivity index is 2.10. The molecule has 1 aliphatic heterocycles. The highest BCUT2D eigenvalue weighted by atomic mass is 16.6. The molecule has 19 heavy (non-hydrogen) atoms. The van der Waals surface area contributed by atoms with E-state index in [2.05, 4.69) is 10.6 Å². The smallest absolute Gasteiger partial charge is 0.307 e. The van der Waals surface area contributed by atoms with E-state index in [0.29, 0.717) is 6.54 Å². The molecule has 0 radical (unpaired) electrons. The first-order valence-electron chi connectivity index (χ1n) is 6.79. The molecule has 2 N–H and O–H groups in total. The molecule has 6 nitrogen and oxygen atoms in total. The maximum atomic E-state index is 11.8. The molecular weight excluding hydrogens is 246 g/mol. The predicted molar refractivity (Wildman–Crippen MR) is 72.8 cm³/mol. The fourth-order valence-corrected chi connectivity index (χ4v) is 1.80. The molecule has 110 valence electrons. The molecule has 1 aliphatic rings. The van der Waals surface area contributed by atoms with E-state index in [1.165, 1.54) is 0 Å². The van der Waals surface area contributed by atoms with E-state index in [9.17, 15) is 9.59 Å². The predicted octanol–water partition coefficient (Wildman–Crippen LogP) is -0.260. The number of amides is 1. The van der Waals surface area contributed by atoms with Gasteiger partial charge in [0.25, 0.3) is 0 Å². The number of rotatable bonds is 5. The van der Waals surface area contributed by atoms with Crippen molar-refractivity contribution in [1.82, 2.24) is 15.5 Å². The highest BCUT2D eigenvalue weighted by Gasteiger charge is 2.17. The van der Waals surface area contributed by atoms with Crippen LogP contribution in [0.25, 0.3) is 0 Å². The van der Waals surface area contributed by atoms with Gasteiger partial charge < -0.3 is 20.3 Å². The molecule has 0 aromatic carbocycles. The molecule has 0 unspecified atom stereocenters. The quantitative estimate of drug-likeness (QED) is 0.532. The summed E-state index contributed by atoms with van der Waals surface area (Å²) in [5, 5.41) is 6.18. The maximum Gasteiger partial charge on any atom is 0.307 e. The van der Waals surface area contributed by atoms with E-state index in [1.54, 1.807) is 0 Å². The summed E-state index contributed by atoms with van der Waals surface area (Å²) in [4.78, 5) is 25.1. The Labute approximate surface area is 114 Å². The van der Waals surface area contributed by atoms with Crippen molar-refractivity contribution in [3.8, 4) is 0 Å². The van der Waals surface area contributed by atoms with Crippen LogP contribution in [0, 0.1) is 0 Å². The number of hydrogen-bond acceptors (Lipinski definition) is 5. The summed E-state index contributed by atoms with van der Waals surface area (Å²) in [7, 11) is 0. The van der Waals surface area contributed by atoms with Crippen molar-refractivity contribution in [1.29, 1.82) is 0 Å². The molecule has 0 bridgehead atoms. The van der Waals surface area contributed by atoms with Gasteiger partial charge in [-0.25, -0.2) is 0 Å². The van der Waals surface area contributed by atoms with E-state index in [0.717, 1.165) is 26.2 Å². The zero-order valence-electron chi connectivity index (χ0n) is 12.1. The second-order valence-corrected chi connectivity index (χ2v) is 5.64. The zero-order valence-corrected chi connectivity index (χ0v) is 12.1. The molecule has 1 heterocycles. The largest absolute Gasteiger partial charge is 0.460 e. The summed E-state index contributed by atoms with van der Waals surface area (Å²) < 4.78 is 5.18. The van der Waals surface area contributed by atoms with Crippen molar-refractivity contribution in [3.05, 3.63) is 0 Å². The van der Waals surface area contributed by atoms with Crippen LogP contribution in [0.3, 0.4) is 0 Å². The lowest BCUT2D eigenvalue weighted by Gasteiger charge is -2.27. The van der Waals surface area contributed by atoms with Crippen LogP contribution in [0.15, 0.2) is 0 Å². The number of ether oxygens (including phenoxy) is 1. The summed E-state index contributed by atoms with van der Waals surface area (Å²) >= 11 is 0. The Morgan fingerprint density at radius 3 is 2.47 bits per heavy atom. The van der Waals surface area contributed by atoms with Gasteiger partial charge in [0, 0.05) is 32.7 Å². The van der Waals surface area contributed by atoms with E-state index in [-0.39, 0.29) is 24.8 Å². The van der Waals surface area contributed by atoms with Gasteiger partial charge in [0.15, 0.2) is 0 Å². The minimum absolute atomic E-state index is 0.0886. The lowest BCUT2D eigenvalue weighted by Crippen LogP contribution is -2.49. The van der Waals surface area contributed by atoms with Crippen LogP contribution in [0.4, 0.5) is 0 Å². The first-order chi connectivity index (χ1) is 8.88. The number of hydrogen-bond donors (Lipinski definition) is 2. The molecule has 0 atom stereocenters. The van der Waals surface area contributed by atoms with Crippen LogP contribution in [0.5, 0.6) is 0 Å². The molecule has 0 aromatic rings. The summed E-state index contributed by atoms with van der Waals surface area (Å²) in [6, 6.07) is 0. The average molecular weight is 271 g/mol. The molecule has 0 aromatic heterocycles. The molecule has 1 rings (SSSR count). The number of nitrogens with one attached hydrogen (secondary N) is 2. The minimum atomic E-state index is -0.451. The van der Waals surface area contributed by atoms with Gasteiger partial charge in [0.1, 0.15) is 5.60 Å². The minimum Gasteiger partial charge on any atom is -0.460 e. The molecule has 1 amide bonds. The Bertz CT molecular complexity index is 307. The molecule has 6 heteroatoms. The third kappa shape index (κ3) is 7.12. The Hall–Kier alpha value is -1.14. The van der Waals surface area contributed by atoms with Gasteiger partial charge in [-0.2, -0.15) is 0 Å². The summed E-state index contributed by atoms with van der Waals surface area (Å²) in [6.07, 6.45) is 0.284. The maximum absolute atomic E-state index is 11.8. The number of esters is 1. The second kappa shape index (κ2) is 7.45. The van der Waals surface area contributed by atoms with Crippen LogP contribution in [-0.2, 0) is 14.3 Å². The third-order valence-corrected chi connectivity index (χ3v) is 2.67. The standard InChI is InChI=1S/C13H25N3O3/c1-13(2,3)19-12(18)4-5-15-10-11(17)16-8-6-14-7-9-16/h14-15H,4-10H2,1-3H3. The fraction of sp³-hybridized carbons (Fsp3) is 0.846. The first-order valence-corrected chi connectivity index (χ1v) is 6.79. The van der Waals surface area contributed by atoms with Gasteiger partial charge in [-0.05, 0) is 20.8 Å². The van der Waals surface area contributed by atoms with E-state index < -0.39 is 5.60 Å². The van der Waals surface area contributed by atoms with Crippen molar-refractivity contribution in [2.24, 2.45) is 0 Å². The Morgan fingerprint density at radius 1 is 1.26 bits per heavy atom. The molecule has 0 saturated carbocycles. The Morgan fingerprint density at radius 2 is 1.89 bits per heavy atom. The topological polar surface area (TPSA) is 70.7 Å². The van der Waals surface area contributed by atoms with Gasteiger partial charge in [0.2, 0.25) is 5.91 Å². The van der Waals surface area contributed by atoms with E-state index in [4.69, 9.17) is 4.74 Å². The monoisotopic (exact) mass is 271 g/mol. The summed E-state index contributed by atoms with van der Waals surface area (Å²) in [6.45, 7) is 9.48. The second-order valence-electron chi connectivity index (χ2n) is 5.64. The highest BCUT2D eigenvalue weighted by Crippen LogP contribution is 2.07. The first kappa shape index (κ1) is 15.9. The van der Waals surface area contributed by atoms with Gasteiger partial charge in [-0.1, -0.05) is 0 Å². The fourth-order valence-electron chi connectivity index (χ4n) is 1.80. The van der Waals surface area contributed by atoms with Crippen molar-refractivity contribution in [2.75, 3.05) is 39.3 Å². The highest BCUT2D eigenvalue weighted by molar-refractivity contribution is 5.78. The van der Waals surface area contributed by atoms with Gasteiger partial charge in [-0.15, -0.1) is 0 Å². The SMILES string of the molecule is CC(C)(C)OC(=O)CCNCC(=O)N1CCNCC1. The molecule has 0 spiro atoms. The van der Waals surface area contributed by atoms with Crippen molar-refractivity contribution < 1.29 is 14.3 Å². The van der Waals surface area contributed by atoms with Gasteiger partial charge >= 0.3 is 5.97 Å². The van der Waals surface area contributed by atoms with E-state index >= 15 is 0 Å². The number of carbonyl (C=O) groups excluding carboxylic acids is 2. The van der Waals surface area contributed by atoms with Crippen molar-refractivity contribution >= 4 is 11.9 Å². The third-order valence-electron chi connectivity index (χ3n) is 2.67.